The molecule has 1 amide bonds. The van der Waals surface area contributed by atoms with Crippen LogP contribution < -0.4 is 0 Å². The predicted molar refractivity (Wildman–Crippen MR) is 64.2 cm³/mol. The second kappa shape index (κ2) is 5.69. The van der Waals surface area contributed by atoms with Gasteiger partial charge in [0.2, 0.25) is 0 Å². The lowest BCUT2D eigenvalue weighted by Gasteiger charge is -2.35. The number of likely N-dealkylation sites (tertiary alicyclic amines) is 2. The maximum atomic E-state index is 10.8. The summed E-state index contributed by atoms with van der Waals surface area (Å²) in [6.45, 7) is 3.40. The van der Waals surface area contributed by atoms with Gasteiger partial charge in [-0.1, -0.05) is 0 Å². The first-order chi connectivity index (χ1) is 8.15. The SMILES string of the molecule is CN1CCCC(OC2CCN(C(=O)O)CC2)C1. The molecule has 0 aromatic rings. The van der Waals surface area contributed by atoms with Gasteiger partial charge in [0.1, 0.15) is 0 Å². The molecule has 0 aromatic heterocycles. The fraction of sp³-hybridized carbons (Fsp3) is 0.917. The smallest absolute Gasteiger partial charge is 0.407 e. The van der Waals surface area contributed by atoms with E-state index in [4.69, 9.17) is 9.84 Å². The molecular formula is C12H22N2O3. The maximum absolute atomic E-state index is 10.8. The number of amides is 1. The monoisotopic (exact) mass is 242 g/mol. The van der Waals surface area contributed by atoms with Crippen LogP contribution in [-0.2, 0) is 4.74 Å². The van der Waals surface area contributed by atoms with Crippen LogP contribution in [0.25, 0.3) is 0 Å². The third kappa shape index (κ3) is 3.57. The second-order valence-corrected chi connectivity index (χ2v) is 5.13. The molecule has 0 radical (unpaired) electrons. The molecule has 2 aliphatic rings. The zero-order valence-corrected chi connectivity index (χ0v) is 10.5. The summed E-state index contributed by atoms with van der Waals surface area (Å²) in [5, 5.41) is 8.86. The van der Waals surface area contributed by atoms with Crippen LogP contribution >= 0.6 is 0 Å². The van der Waals surface area contributed by atoms with Crippen molar-refractivity contribution < 1.29 is 14.6 Å². The summed E-state index contributed by atoms with van der Waals surface area (Å²) in [5.41, 5.74) is 0. The molecule has 0 bridgehead atoms. The van der Waals surface area contributed by atoms with E-state index in [9.17, 15) is 4.79 Å². The second-order valence-electron chi connectivity index (χ2n) is 5.13. The third-order valence-electron chi connectivity index (χ3n) is 3.68. The van der Waals surface area contributed by atoms with Crippen molar-refractivity contribution in [2.75, 3.05) is 33.2 Å². The Morgan fingerprint density at radius 2 is 1.88 bits per heavy atom. The minimum Gasteiger partial charge on any atom is -0.465 e. The summed E-state index contributed by atoms with van der Waals surface area (Å²) in [4.78, 5) is 14.6. The van der Waals surface area contributed by atoms with E-state index >= 15 is 0 Å². The zero-order valence-electron chi connectivity index (χ0n) is 10.5. The summed E-state index contributed by atoms with van der Waals surface area (Å²) in [6.07, 6.45) is 3.82. The fourth-order valence-electron chi connectivity index (χ4n) is 2.69. The van der Waals surface area contributed by atoms with Gasteiger partial charge in [-0.25, -0.2) is 4.79 Å². The molecule has 2 heterocycles. The van der Waals surface area contributed by atoms with Crippen molar-refractivity contribution in [1.82, 2.24) is 9.80 Å². The fourth-order valence-corrected chi connectivity index (χ4v) is 2.69. The lowest BCUT2D eigenvalue weighted by molar-refractivity contribution is -0.0636. The largest absolute Gasteiger partial charge is 0.465 e. The van der Waals surface area contributed by atoms with E-state index in [0.29, 0.717) is 19.2 Å². The molecule has 1 N–H and O–H groups in total. The predicted octanol–water partition coefficient (Wildman–Crippen LogP) is 1.24. The molecule has 2 aliphatic heterocycles. The minimum atomic E-state index is -0.805. The normalized spacial score (nSPS) is 28.3. The molecule has 2 fully saturated rings. The van der Waals surface area contributed by atoms with Gasteiger partial charge in [0.05, 0.1) is 12.2 Å². The molecule has 5 heteroatoms. The Labute approximate surface area is 102 Å². The average Bonchev–Trinajstić information content (AvgIpc) is 2.29. The first-order valence-electron chi connectivity index (χ1n) is 6.47. The number of carbonyl (C=O) groups is 1. The van der Waals surface area contributed by atoms with Gasteiger partial charge in [-0.3, -0.25) is 0 Å². The summed E-state index contributed by atoms with van der Waals surface area (Å²) in [5.74, 6) is 0. The van der Waals surface area contributed by atoms with Crippen LogP contribution in [0, 0.1) is 0 Å². The van der Waals surface area contributed by atoms with Gasteiger partial charge in [0.25, 0.3) is 0 Å². The molecule has 0 aliphatic carbocycles. The Hall–Kier alpha value is -0.810. The highest BCUT2D eigenvalue weighted by Crippen LogP contribution is 2.19. The maximum Gasteiger partial charge on any atom is 0.407 e. The summed E-state index contributed by atoms with van der Waals surface area (Å²) < 4.78 is 6.07. The number of hydrogen-bond acceptors (Lipinski definition) is 3. The van der Waals surface area contributed by atoms with Gasteiger partial charge in [0.15, 0.2) is 0 Å². The highest BCUT2D eigenvalue weighted by molar-refractivity contribution is 5.64. The van der Waals surface area contributed by atoms with Crippen LogP contribution in [0.4, 0.5) is 4.79 Å². The molecule has 17 heavy (non-hydrogen) atoms. The van der Waals surface area contributed by atoms with Crippen LogP contribution in [0.3, 0.4) is 0 Å². The Morgan fingerprint density at radius 1 is 1.18 bits per heavy atom. The summed E-state index contributed by atoms with van der Waals surface area (Å²) >= 11 is 0. The number of likely N-dealkylation sites (N-methyl/N-ethyl adjacent to an activating group) is 1. The lowest BCUT2D eigenvalue weighted by Crippen LogP contribution is -2.44. The van der Waals surface area contributed by atoms with Gasteiger partial charge in [-0.15, -0.1) is 0 Å². The van der Waals surface area contributed by atoms with Crippen LogP contribution in [0.15, 0.2) is 0 Å². The Morgan fingerprint density at radius 3 is 2.47 bits per heavy atom. The molecule has 1 atom stereocenters. The number of rotatable bonds is 2. The molecule has 1 unspecified atom stereocenters. The van der Waals surface area contributed by atoms with E-state index in [1.807, 2.05) is 0 Å². The van der Waals surface area contributed by atoms with E-state index in [2.05, 4.69) is 11.9 Å². The molecule has 2 rings (SSSR count). The van der Waals surface area contributed by atoms with Crippen molar-refractivity contribution >= 4 is 6.09 Å². The van der Waals surface area contributed by atoms with Gasteiger partial charge >= 0.3 is 6.09 Å². The minimum absolute atomic E-state index is 0.252. The van der Waals surface area contributed by atoms with Crippen molar-refractivity contribution in [3.63, 3.8) is 0 Å². The van der Waals surface area contributed by atoms with Gasteiger partial charge < -0.3 is 19.6 Å². The molecule has 0 spiro atoms. The first-order valence-corrected chi connectivity index (χ1v) is 6.47. The molecule has 0 saturated carbocycles. The van der Waals surface area contributed by atoms with Crippen molar-refractivity contribution in [2.24, 2.45) is 0 Å². The number of ether oxygens (including phenoxy) is 1. The van der Waals surface area contributed by atoms with Gasteiger partial charge in [-0.05, 0) is 39.3 Å². The topological polar surface area (TPSA) is 53.0 Å². The Balaban J connectivity index is 1.72. The lowest BCUT2D eigenvalue weighted by atomic mass is 10.1. The zero-order chi connectivity index (χ0) is 12.3. The van der Waals surface area contributed by atoms with Crippen molar-refractivity contribution in [3.05, 3.63) is 0 Å². The van der Waals surface area contributed by atoms with E-state index in [-0.39, 0.29) is 6.10 Å². The molecular weight excluding hydrogens is 220 g/mol. The summed E-state index contributed by atoms with van der Waals surface area (Å²) in [7, 11) is 2.13. The van der Waals surface area contributed by atoms with Gasteiger partial charge in [-0.2, -0.15) is 0 Å². The van der Waals surface area contributed by atoms with Crippen molar-refractivity contribution in [2.45, 2.75) is 37.9 Å². The molecule has 5 nitrogen and oxygen atoms in total. The van der Waals surface area contributed by atoms with E-state index in [1.54, 1.807) is 0 Å². The Bertz CT molecular complexity index is 264. The highest BCUT2D eigenvalue weighted by atomic mass is 16.5. The highest BCUT2D eigenvalue weighted by Gasteiger charge is 2.26. The first kappa shape index (κ1) is 12.6. The molecule has 98 valence electrons. The standard InChI is InChI=1S/C12H22N2O3/c1-13-6-2-3-11(9-13)17-10-4-7-14(8-5-10)12(15)16/h10-11H,2-9H2,1H3,(H,15,16). The number of nitrogens with zero attached hydrogens (tertiary/aromatic N) is 2. The van der Waals surface area contributed by atoms with Crippen molar-refractivity contribution in [3.8, 4) is 0 Å². The van der Waals surface area contributed by atoms with E-state index in [1.165, 1.54) is 11.3 Å². The molecule has 2 saturated heterocycles. The van der Waals surface area contributed by atoms with Crippen LogP contribution in [0.5, 0.6) is 0 Å². The molecule has 0 aromatic carbocycles. The van der Waals surface area contributed by atoms with E-state index < -0.39 is 6.09 Å². The Kier molecular flexibility index (Phi) is 4.23. The number of piperidine rings is 2. The van der Waals surface area contributed by atoms with Crippen LogP contribution in [0.2, 0.25) is 0 Å². The average molecular weight is 242 g/mol. The third-order valence-corrected chi connectivity index (χ3v) is 3.68. The number of hydrogen-bond donors (Lipinski definition) is 1. The van der Waals surface area contributed by atoms with E-state index in [0.717, 1.165) is 32.4 Å². The van der Waals surface area contributed by atoms with Gasteiger partial charge in [0, 0.05) is 19.6 Å². The van der Waals surface area contributed by atoms with Crippen molar-refractivity contribution in [1.29, 1.82) is 0 Å². The summed E-state index contributed by atoms with van der Waals surface area (Å²) in [6, 6.07) is 0. The van der Waals surface area contributed by atoms with Crippen LogP contribution in [0.1, 0.15) is 25.7 Å². The quantitative estimate of drug-likeness (QED) is 0.791. The van der Waals surface area contributed by atoms with Crippen LogP contribution in [-0.4, -0.2) is 66.4 Å². The number of carboxylic acid groups (broad SMARTS) is 1.